The molecule has 0 unspecified atom stereocenters. The van der Waals surface area contributed by atoms with Gasteiger partial charge in [-0.15, -0.1) is 0 Å². The van der Waals surface area contributed by atoms with Gasteiger partial charge in [-0.25, -0.2) is 8.42 Å². The van der Waals surface area contributed by atoms with Gasteiger partial charge in [0.25, 0.3) is 0 Å². The number of nitrogens with two attached hydrogens (primary N) is 1. The Bertz CT molecular complexity index is 3010. The van der Waals surface area contributed by atoms with Gasteiger partial charge in [0.2, 0.25) is 9.84 Å². The van der Waals surface area contributed by atoms with Gasteiger partial charge in [0.1, 0.15) is 0 Å². The highest BCUT2D eigenvalue weighted by Crippen LogP contribution is 2.48. The molecule has 52 heavy (non-hydrogen) atoms. The monoisotopic (exact) mass is 689 g/mol. The SMILES string of the molecule is Cc1c(N)cccc1S(=O)(=O)c1cccc(-c2ccc3c(-c4cccc5ccccc45)c4ccccc4c(-c4cccc5ccccc45)c3c2)c1C. The molecule has 0 saturated carbocycles. The summed E-state index contributed by atoms with van der Waals surface area (Å²) in [5, 5.41) is 9.34. The first-order valence-corrected chi connectivity index (χ1v) is 19.0. The van der Waals surface area contributed by atoms with E-state index in [9.17, 15) is 8.42 Å². The molecule has 0 atom stereocenters. The lowest BCUT2D eigenvalue weighted by Crippen LogP contribution is -2.08. The smallest absolute Gasteiger partial charge is 0.207 e. The Morgan fingerprint density at radius 2 is 0.846 bits per heavy atom. The molecule has 0 spiro atoms. The van der Waals surface area contributed by atoms with Crippen molar-refractivity contribution in [2.45, 2.75) is 23.6 Å². The molecule has 9 aromatic rings. The van der Waals surface area contributed by atoms with E-state index in [1.54, 1.807) is 31.2 Å². The molecule has 4 heteroatoms. The maximum absolute atomic E-state index is 14.2. The molecule has 0 aliphatic heterocycles. The van der Waals surface area contributed by atoms with E-state index in [1.165, 1.54) is 38.1 Å². The molecule has 0 aliphatic rings. The van der Waals surface area contributed by atoms with Crippen molar-refractivity contribution >= 4 is 58.6 Å². The number of sulfone groups is 1. The van der Waals surface area contributed by atoms with Crippen LogP contribution in [0.3, 0.4) is 0 Å². The lowest BCUT2D eigenvalue weighted by molar-refractivity contribution is 0.595. The standard InChI is InChI=1S/C48H35NO2S/c1-30-35(21-11-25-45(30)52(50,51)46-26-12-24-44(49)31(46)2)34-27-28-42-43(29-34)48(39-23-10-16-33-14-4-6-18-37(33)39)41-20-8-7-19-40(41)47(42)38-22-9-15-32-13-3-5-17-36(32)38/h3-29H,49H2,1-2H3. The molecule has 9 aromatic carbocycles. The number of rotatable bonds is 5. The third kappa shape index (κ3) is 4.90. The van der Waals surface area contributed by atoms with Crippen molar-refractivity contribution in [2.75, 3.05) is 5.73 Å². The summed E-state index contributed by atoms with van der Waals surface area (Å²) in [6.45, 7) is 3.67. The van der Waals surface area contributed by atoms with Gasteiger partial charge in [-0.2, -0.15) is 0 Å². The summed E-state index contributed by atoms with van der Waals surface area (Å²) >= 11 is 0. The second-order valence-corrected chi connectivity index (χ2v) is 15.4. The van der Waals surface area contributed by atoms with Crippen LogP contribution >= 0.6 is 0 Å². The van der Waals surface area contributed by atoms with Crippen molar-refractivity contribution in [1.29, 1.82) is 0 Å². The van der Waals surface area contributed by atoms with Gasteiger partial charge in [0.15, 0.2) is 0 Å². The molecule has 250 valence electrons. The topological polar surface area (TPSA) is 60.2 Å². The fourth-order valence-corrected chi connectivity index (χ4v) is 9.86. The third-order valence-corrected chi connectivity index (χ3v) is 12.7. The van der Waals surface area contributed by atoms with Crippen LogP contribution in [0.15, 0.2) is 174 Å². The summed E-state index contributed by atoms with van der Waals surface area (Å²) in [5.41, 5.74) is 14.4. The molecule has 0 saturated heterocycles. The Hall–Kier alpha value is -6.23. The summed E-state index contributed by atoms with van der Waals surface area (Å²) in [6.07, 6.45) is 0. The second-order valence-electron chi connectivity index (χ2n) is 13.5. The van der Waals surface area contributed by atoms with E-state index >= 15 is 0 Å². The maximum Gasteiger partial charge on any atom is 0.207 e. The van der Waals surface area contributed by atoms with Crippen LogP contribution in [-0.2, 0) is 9.84 Å². The molecule has 2 N–H and O–H groups in total. The van der Waals surface area contributed by atoms with E-state index in [0.717, 1.165) is 38.4 Å². The van der Waals surface area contributed by atoms with Gasteiger partial charge < -0.3 is 5.73 Å². The van der Waals surface area contributed by atoms with Crippen LogP contribution in [-0.4, -0.2) is 8.42 Å². The van der Waals surface area contributed by atoms with Gasteiger partial charge in [-0.3, -0.25) is 0 Å². The average molecular weight is 690 g/mol. The predicted octanol–water partition coefficient (Wildman–Crippen LogP) is 12.3. The van der Waals surface area contributed by atoms with Crippen LogP contribution in [0.1, 0.15) is 11.1 Å². The highest BCUT2D eigenvalue weighted by atomic mass is 32.2. The van der Waals surface area contributed by atoms with Crippen molar-refractivity contribution in [3.05, 3.63) is 175 Å². The second kappa shape index (κ2) is 12.2. The molecular formula is C48H35NO2S. The molecule has 9 rings (SSSR count). The van der Waals surface area contributed by atoms with E-state index in [2.05, 4.69) is 127 Å². The molecule has 0 aliphatic carbocycles. The van der Waals surface area contributed by atoms with Crippen molar-refractivity contribution in [3.8, 4) is 33.4 Å². The van der Waals surface area contributed by atoms with Crippen molar-refractivity contribution < 1.29 is 8.42 Å². The number of hydrogen-bond donors (Lipinski definition) is 1. The normalized spacial score (nSPS) is 11.9. The van der Waals surface area contributed by atoms with Gasteiger partial charge >= 0.3 is 0 Å². The fraction of sp³-hybridized carbons (Fsp3) is 0.0417. The fourth-order valence-electron chi connectivity index (χ4n) is 8.07. The first kappa shape index (κ1) is 31.7. The molecule has 0 aromatic heterocycles. The largest absolute Gasteiger partial charge is 0.398 e. The quantitative estimate of drug-likeness (QED) is 0.145. The number of nitrogen functional groups attached to an aromatic ring is 1. The minimum Gasteiger partial charge on any atom is -0.398 e. The Morgan fingerprint density at radius 3 is 1.46 bits per heavy atom. The Morgan fingerprint density at radius 1 is 0.404 bits per heavy atom. The summed E-state index contributed by atoms with van der Waals surface area (Å²) in [4.78, 5) is 0.513. The van der Waals surface area contributed by atoms with E-state index in [1.807, 2.05) is 19.1 Å². The zero-order chi connectivity index (χ0) is 35.6. The van der Waals surface area contributed by atoms with Crippen LogP contribution in [0.5, 0.6) is 0 Å². The highest BCUT2D eigenvalue weighted by molar-refractivity contribution is 7.91. The molecule has 0 bridgehead atoms. The van der Waals surface area contributed by atoms with Gasteiger partial charge in [-0.1, -0.05) is 140 Å². The molecular weight excluding hydrogens is 655 g/mol. The summed E-state index contributed by atoms with van der Waals surface area (Å²) in [5.74, 6) is 0. The van der Waals surface area contributed by atoms with Crippen molar-refractivity contribution in [3.63, 3.8) is 0 Å². The maximum atomic E-state index is 14.2. The summed E-state index contributed by atoms with van der Waals surface area (Å²) in [6, 6.07) is 56.2. The van der Waals surface area contributed by atoms with Gasteiger partial charge in [0.05, 0.1) is 9.79 Å². The zero-order valence-electron chi connectivity index (χ0n) is 28.9. The molecule has 0 heterocycles. The molecule has 0 radical (unpaired) electrons. The number of benzene rings is 9. The van der Waals surface area contributed by atoms with Gasteiger partial charge in [0, 0.05) is 5.69 Å². The number of anilines is 1. The number of fused-ring (bicyclic) bond motifs is 4. The lowest BCUT2D eigenvalue weighted by Gasteiger charge is -2.21. The Labute approximate surface area is 303 Å². The highest BCUT2D eigenvalue weighted by Gasteiger charge is 2.25. The lowest BCUT2D eigenvalue weighted by atomic mass is 9.82. The minimum absolute atomic E-state index is 0.232. The zero-order valence-corrected chi connectivity index (χ0v) is 29.7. The van der Waals surface area contributed by atoms with Crippen LogP contribution < -0.4 is 5.73 Å². The third-order valence-electron chi connectivity index (χ3n) is 10.6. The van der Waals surface area contributed by atoms with E-state index in [-0.39, 0.29) is 9.79 Å². The molecule has 3 nitrogen and oxygen atoms in total. The summed E-state index contributed by atoms with van der Waals surface area (Å²) < 4.78 is 28.4. The van der Waals surface area contributed by atoms with Crippen LogP contribution in [0.2, 0.25) is 0 Å². The van der Waals surface area contributed by atoms with Crippen LogP contribution in [0.25, 0.3) is 76.5 Å². The minimum atomic E-state index is -3.84. The first-order valence-electron chi connectivity index (χ1n) is 17.5. The Balaban J connectivity index is 1.38. The van der Waals surface area contributed by atoms with Crippen molar-refractivity contribution in [2.24, 2.45) is 0 Å². The Kier molecular flexibility index (Phi) is 7.46. The van der Waals surface area contributed by atoms with Crippen molar-refractivity contribution in [1.82, 2.24) is 0 Å². The van der Waals surface area contributed by atoms with Crippen LogP contribution in [0.4, 0.5) is 5.69 Å². The molecule has 0 fully saturated rings. The predicted molar refractivity (Wildman–Crippen MR) is 219 cm³/mol. The first-order chi connectivity index (χ1) is 25.3. The van der Waals surface area contributed by atoms with E-state index in [0.29, 0.717) is 16.8 Å². The molecule has 0 amide bonds. The van der Waals surface area contributed by atoms with Gasteiger partial charge in [-0.05, 0) is 126 Å². The van der Waals surface area contributed by atoms with E-state index < -0.39 is 9.84 Å². The van der Waals surface area contributed by atoms with Crippen LogP contribution in [0, 0.1) is 13.8 Å². The summed E-state index contributed by atoms with van der Waals surface area (Å²) in [7, 11) is -3.84. The average Bonchev–Trinajstić information content (AvgIpc) is 3.17. The number of hydrogen-bond acceptors (Lipinski definition) is 3. The van der Waals surface area contributed by atoms with E-state index in [4.69, 9.17) is 5.73 Å².